The van der Waals surface area contributed by atoms with Crippen molar-refractivity contribution in [3.8, 4) is 5.75 Å². The van der Waals surface area contributed by atoms with Crippen LogP contribution in [-0.4, -0.2) is 7.11 Å². The van der Waals surface area contributed by atoms with Crippen LogP contribution in [0.4, 0.5) is 0 Å². The predicted octanol–water partition coefficient (Wildman–Crippen LogP) is 4.62. The third kappa shape index (κ3) is 4.44. The molecule has 2 aromatic carbocycles. The first-order valence-corrected chi connectivity index (χ1v) is 8.24. The first kappa shape index (κ1) is 16.8. The molecule has 112 valence electrons. The van der Waals surface area contributed by atoms with E-state index in [1.165, 1.54) is 0 Å². The minimum atomic E-state index is -0.0665. The second-order valence-corrected chi connectivity index (χ2v) is 6.85. The first-order valence-electron chi connectivity index (χ1n) is 6.28. The highest BCUT2D eigenvalue weighted by Crippen LogP contribution is 2.30. The van der Waals surface area contributed by atoms with Crippen molar-refractivity contribution in [1.82, 2.24) is 5.43 Å². The second kappa shape index (κ2) is 7.61. The zero-order valence-corrected chi connectivity index (χ0v) is 15.3. The van der Waals surface area contributed by atoms with Crippen LogP contribution in [0.3, 0.4) is 0 Å². The van der Waals surface area contributed by atoms with Gasteiger partial charge in [-0.3, -0.25) is 11.3 Å². The Morgan fingerprint density at radius 1 is 1.19 bits per heavy atom. The lowest BCUT2D eigenvalue weighted by molar-refractivity contribution is 0.405. The number of halogens is 3. The molecule has 0 saturated carbocycles. The van der Waals surface area contributed by atoms with Crippen molar-refractivity contribution in [3.05, 3.63) is 61.5 Å². The smallest absolute Gasteiger partial charge is 0.122 e. The first-order chi connectivity index (χ1) is 10.0. The molecule has 21 heavy (non-hydrogen) atoms. The van der Waals surface area contributed by atoms with Crippen LogP contribution in [0, 0.1) is 0 Å². The molecule has 0 fully saturated rings. The Labute approximate surface area is 146 Å². The maximum atomic E-state index is 6.11. The van der Waals surface area contributed by atoms with Gasteiger partial charge < -0.3 is 4.74 Å². The standard InChI is InChI=1S/C15H15Br2ClN2O/c1-21-15-3-2-11(16)5-10(15)7-14(20-19)9-4-12(17)8-13(18)6-9/h2-6,8,14,20H,7,19H2,1H3. The molecule has 0 aromatic heterocycles. The molecule has 0 amide bonds. The highest BCUT2D eigenvalue weighted by atomic mass is 79.9. The van der Waals surface area contributed by atoms with Crippen LogP contribution >= 0.6 is 43.5 Å². The van der Waals surface area contributed by atoms with Gasteiger partial charge in [-0.15, -0.1) is 0 Å². The van der Waals surface area contributed by atoms with Crippen LogP contribution in [-0.2, 0) is 6.42 Å². The Kier molecular flexibility index (Phi) is 6.08. The summed E-state index contributed by atoms with van der Waals surface area (Å²) in [4.78, 5) is 0. The largest absolute Gasteiger partial charge is 0.496 e. The van der Waals surface area contributed by atoms with E-state index < -0.39 is 0 Å². The van der Waals surface area contributed by atoms with E-state index in [0.717, 1.165) is 25.8 Å². The maximum absolute atomic E-state index is 6.11. The van der Waals surface area contributed by atoms with Gasteiger partial charge in [0.25, 0.3) is 0 Å². The molecule has 1 unspecified atom stereocenters. The van der Waals surface area contributed by atoms with Crippen LogP contribution in [0.25, 0.3) is 0 Å². The highest BCUT2D eigenvalue weighted by Gasteiger charge is 2.15. The van der Waals surface area contributed by atoms with Gasteiger partial charge in [-0.25, -0.2) is 0 Å². The highest BCUT2D eigenvalue weighted by molar-refractivity contribution is 9.10. The molecular formula is C15H15Br2ClN2O. The number of benzene rings is 2. The zero-order valence-electron chi connectivity index (χ0n) is 11.4. The molecule has 6 heteroatoms. The van der Waals surface area contributed by atoms with Gasteiger partial charge in [0, 0.05) is 14.0 Å². The fourth-order valence-electron chi connectivity index (χ4n) is 2.18. The Hall–Kier alpha value is -0.590. The summed E-state index contributed by atoms with van der Waals surface area (Å²) >= 11 is 13.0. The average Bonchev–Trinajstić information content (AvgIpc) is 2.43. The summed E-state index contributed by atoms with van der Waals surface area (Å²) in [7, 11) is 1.66. The SMILES string of the molecule is COc1ccc(Br)cc1CC(NN)c1cc(Cl)cc(Br)c1. The summed E-state index contributed by atoms with van der Waals surface area (Å²) in [5.41, 5.74) is 4.92. The van der Waals surface area contributed by atoms with Crippen LogP contribution < -0.4 is 16.0 Å². The van der Waals surface area contributed by atoms with E-state index in [2.05, 4.69) is 37.3 Å². The quantitative estimate of drug-likeness (QED) is 0.533. The van der Waals surface area contributed by atoms with Gasteiger partial charge in [0.05, 0.1) is 13.2 Å². The normalized spacial score (nSPS) is 12.2. The van der Waals surface area contributed by atoms with Crippen LogP contribution in [0.15, 0.2) is 45.3 Å². The summed E-state index contributed by atoms with van der Waals surface area (Å²) in [6.07, 6.45) is 0.686. The third-order valence-corrected chi connectivity index (χ3v) is 4.32. The molecule has 0 bridgehead atoms. The number of nitrogens with two attached hydrogens (primary N) is 1. The summed E-state index contributed by atoms with van der Waals surface area (Å²) in [6, 6.07) is 11.6. The van der Waals surface area contributed by atoms with Crippen molar-refractivity contribution < 1.29 is 4.74 Å². The van der Waals surface area contributed by atoms with Gasteiger partial charge in [-0.05, 0) is 53.9 Å². The van der Waals surface area contributed by atoms with Gasteiger partial charge in [0.2, 0.25) is 0 Å². The predicted molar refractivity (Wildman–Crippen MR) is 93.6 cm³/mol. The zero-order chi connectivity index (χ0) is 15.4. The van der Waals surface area contributed by atoms with E-state index in [9.17, 15) is 0 Å². The summed E-state index contributed by atoms with van der Waals surface area (Å²) < 4.78 is 7.33. The van der Waals surface area contributed by atoms with E-state index in [1.807, 2.05) is 36.4 Å². The Balaban J connectivity index is 2.32. The lowest BCUT2D eigenvalue weighted by Crippen LogP contribution is -2.29. The van der Waals surface area contributed by atoms with E-state index >= 15 is 0 Å². The molecule has 3 nitrogen and oxygen atoms in total. The fourth-order valence-corrected chi connectivity index (χ4v) is 3.47. The molecule has 2 aromatic rings. The number of rotatable bonds is 5. The lowest BCUT2D eigenvalue weighted by Gasteiger charge is -2.19. The molecule has 0 aliphatic rings. The summed E-state index contributed by atoms with van der Waals surface area (Å²) in [5.74, 6) is 6.55. The Bertz CT molecular complexity index is 617. The number of hydrogen-bond donors (Lipinski definition) is 2. The van der Waals surface area contributed by atoms with Gasteiger partial charge in [-0.2, -0.15) is 0 Å². The Morgan fingerprint density at radius 3 is 2.57 bits per heavy atom. The van der Waals surface area contributed by atoms with Gasteiger partial charge in [-0.1, -0.05) is 43.5 Å². The van der Waals surface area contributed by atoms with Crippen molar-refractivity contribution in [2.45, 2.75) is 12.5 Å². The van der Waals surface area contributed by atoms with Gasteiger partial charge >= 0.3 is 0 Å². The molecular weight excluding hydrogens is 419 g/mol. The molecule has 0 heterocycles. The van der Waals surface area contributed by atoms with Crippen LogP contribution in [0.5, 0.6) is 5.75 Å². The minimum absolute atomic E-state index is 0.0665. The van der Waals surface area contributed by atoms with Crippen molar-refractivity contribution >= 4 is 43.5 Å². The lowest BCUT2D eigenvalue weighted by atomic mass is 9.99. The third-order valence-electron chi connectivity index (χ3n) is 3.15. The second-order valence-electron chi connectivity index (χ2n) is 4.58. The van der Waals surface area contributed by atoms with Crippen LogP contribution in [0.2, 0.25) is 5.02 Å². The van der Waals surface area contributed by atoms with Crippen molar-refractivity contribution in [1.29, 1.82) is 0 Å². The molecule has 1 atom stereocenters. The summed E-state index contributed by atoms with van der Waals surface area (Å²) in [6.45, 7) is 0. The number of methoxy groups -OCH3 is 1. The number of nitrogens with one attached hydrogen (secondary N) is 1. The van der Waals surface area contributed by atoms with Crippen LogP contribution in [0.1, 0.15) is 17.2 Å². The molecule has 0 spiro atoms. The monoisotopic (exact) mass is 432 g/mol. The van der Waals surface area contributed by atoms with E-state index in [4.69, 9.17) is 22.2 Å². The molecule has 0 saturated heterocycles. The average molecular weight is 435 g/mol. The maximum Gasteiger partial charge on any atom is 0.122 e. The topological polar surface area (TPSA) is 47.3 Å². The Morgan fingerprint density at radius 2 is 1.95 bits per heavy atom. The molecule has 2 rings (SSSR count). The summed E-state index contributed by atoms with van der Waals surface area (Å²) in [5, 5.41) is 0.667. The molecule has 0 aliphatic heterocycles. The van der Waals surface area contributed by atoms with Crippen molar-refractivity contribution in [2.75, 3.05) is 7.11 Å². The van der Waals surface area contributed by atoms with Gasteiger partial charge in [0.1, 0.15) is 5.75 Å². The van der Waals surface area contributed by atoms with Gasteiger partial charge in [0.15, 0.2) is 0 Å². The van der Waals surface area contributed by atoms with E-state index in [-0.39, 0.29) is 6.04 Å². The molecule has 0 radical (unpaired) electrons. The fraction of sp³-hybridized carbons (Fsp3) is 0.200. The molecule has 3 N–H and O–H groups in total. The number of ether oxygens (including phenoxy) is 1. The van der Waals surface area contributed by atoms with E-state index in [0.29, 0.717) is 11.4 Å². The number of hydrogen-bond acceptors (Lipinski definition) is 3. The van der Waals surface area contributed by atoms with E-state index in [1.54, 1.807) is 7.11 Å². The molecule has 0 aliphatic carbocycles. The van der Waals surface area contributed by atoms with Crippen molar-refractivity contribution in [3.63, 3.8) is 0 Å². The van der Waals surface area contributed by atoms with Crippen molar-refractivity contribution in [2.24, 2.45) is 5.84 Å². The minimum Gasteiger partial charge on any atom is -0.496 e. The number of hydrazine groups is 1.